The summed E-state index contributed by atoms with van der Waals surface area (Å²) in [6.45, 7) is 7.25. The number of hydrogen-bond donors (Lipinski definition) is 2. The predicted octanol–water partition coefficient (Wildman–Crippen LogP) is 5.01. The van der Waals surface area contributed by atoms with Gasteiger partial charge in [-0.25, -0.2) is 0 Å². The molecule has 3 aliphatic carbocycles. The third kappa shape index (κ3) is 2.93. The van der Waals surface area contributed by atoms with E-state index in [1.54, 1.807) is 0 Å². The third-order valence-electron chi connectivity index (χ3n) is 9.82. The van der Waals surface area contributed by atoms with Crippen molar-refractivity contribution in [2.75, 3.05) is 5.32 Å². The molecule has 3 unspecified atom stereocenters. The highest BCUT2D eigenvalue weighted by Crippen LogP contribution is 2.66. The summed E-state index contributed by atoms with van der Waals surface area (Å²) in [6, 6.07) is 10.2. The summed E-state index contributed by atoms with van der Waals surface area (Å²) < 4.78 is 0. The summed E-state index contributed by atoms with van der Waals surface area (Å²) >= 11 is 0. The Kier molecular flexibility index (Phi) is 4.75. The molecule has 4 aliphatic rings. The van der Waals surface area contributed by atoms with Crippen molar-refractivity contribution < 1.29 is 9.59 Å². The number of carbonyl (C=O) groups excluding carboxylic acids is 2. The molecule has 0 radical (unpaired) electrons. The molecule has 0 aromatic heterocycles. The van der Waals surface area contributed by atoms with Crippen molar-refractivity contribution >= 4 is 17.5 Å². The highest BCUT2D eigenvalue weighted by Gasteiger charge is 2.62. The van der Waals surface area contributed by atoms with E-state index in [9.17, 15) is 9.59 Å². The summed E-state index contributed by atoms with van der Waals surface area (Å²) in [6.07, 6.45) is 7.30. The number of piperidine rings is 1. The molecule has 30 heavy (non-hydrogen) atoms. The van der Waals surface area contributed by atoms with E-state index in [2.05, 4.69) is 31.4 Å². The van der Waals surface area contributed by atoms with Gasteiger partial charge >= 0.3 is 0 Å². The lowest BCUT2D eigenvalue weighted by molar-refractivity contribution is -0.146. The van der Waals surface area contributed by atoms with Gasteiger partial charge in [-0.15, -0.1) is 0 Å². The maximum absolute atomic E-state index is 13.3. The van der Waals surface area contributed by atoms with Gasteiger partial charge in [-0.1, -0.05) is 39.0 Å². The van der Waals surface area contributed by atoms with Gasteiger partial charge in [-0.05, 0) is 85.2 Å². The van der Waals surface area contributed by atoms with Crippen LogP contribution in [0.5, 0.6) is 0 Å². The molecule has 4 fully saturated rings. The fourth-order valence-corrected chi connectivity index (χ4v) is 8.23. The smallest absolute Gasteiger partial charge is 0.228 e. The highest BCUT2D eigenvalue weighted by atomic mass is 16.2. The monoisotopic (exact) mass is 408 g/mol. The molecule has 5 rings (SSSR count). The molecule has 1 aromatic rings. The van der Waals surface area contributed by atoms with Crippen LogP contribution in [0.1, 0.15) is 65.7 Å². The van der Waals surface area contributed by atoms with Gasteiger partial charge in [0.05, 0.1) is 0 Å². The number of para-hydroxylation sites is 1. The average Bonchev–Trinajstić information content (AvgIpc) is 3.07. The average molecular weight is 409 g/mol. The molecule has 8 atom stereocenters. The second-order valence-electron chi connectivity index (χ2n) is 11.2. The van der Waals surface area contributed by atoms with Gasteiger partial charge in [0, 0.05) is 24.1 Å². The number of benzene rings is 1. The van der Waals surface area contributed by atoms with Crippen LogP contribution in [0.2, 0.25) is 0 Å². The number of fused-ring (bicyclic) bond motifs is 5. The molecule has 2 N–H and O–H groups in total. The van der Waals surface area contributed by atoms with Crippen molar-refractivity contribution in [1.82, 2.24) is 5.32 Å². The molecule has 1 saturated heterocycles. The van der Waals surface area contributed by atoms with Crippen LogP contribution in [0, 0.1) is 40.4 Å². The lowest BCUT2D eigenvalue weighted by atomic mass is 9.45. The summed E-state index contributed by atoms with van der Waals surface area (Å²) in [5.41, 5.74) is 1.22. The standard InChI is InChI=1S/C26H36N2O2/c1-16-15-21-26(3,14-12-22(29)28-21)19-11-13-25(2)18(23(16)19)9-10-20(25)24(30)27-17-7-5-4-6-8-17/h4-8,16,18-21,23H,9-15H2,1-3H3,(H,27,30)(H,28,29)/t16?,18-,19+,20?,21?,23-,25-,26+/m0/s1. The van der Waals surface area contributed by atoms with Crippen LogP contribution in [0.25, 0.3) is 0 Å². The zero-order chi connectivity index (χ0) is 21.1. The first kappa shape index (κ1) is 20.1. The number of nitrogens with one attached hydrogen (secondary N) is 2. The minimum Gasteiger partial charge on any atom is -0.353 e. The van der Waals surface area contributed by atoms with E-state index in [1.807, 2.05) is 30.3 Å². The SMILES string of the molecule is CC1CC2NC(=O)CC[C@]2(C)[C@@H]2CC[C@]3(C)C(C(=O)Nc4ccccc4)CC[C@H]3[C@H]12. The fourth-order valence-electron chi connectivity index (χ4n) is 8.23. The summed E-state index contributed by atoms with van der Waals surface area (Å²) in [5.74, 6) is 3.12. The molecular weight excluding hydrogens is 372 g/mol. The van der Waals surface area contributed by atoms with Crippen molar-refractivity contribution in [2.45, 2.75) is 71.8 Å². The molecule has 4 heteroatoms. The minimum atomic E-state index is 0.0927. The lowest BCUT2D eigenvalue weighted by Crippen LogP contribution is -2.63. The Morgan fingerprint density at radius 1 is 1.03 bits per heavy atom. The van der Waals surface area contributed by atoms with Crippen LogP contribution < -0.4 is 10.6 Å². The number of anilines is 1. The van der Waals surface area contributed by atoms with Gasteiger partial charge in [-0.2, -0.15) is 0 Å². The molecule has 1 heterocycles. The molecule has 0 bridgehead atoms. The van der Waals surface area contributed by atoms with Crippen molar-refractivity contribution in [3.63, 3.8) is 0 Å². The Morgan fingerprint density at radius 2 is 1.77 bits per heavy atom. The lowest BCUT2D eigenvalue weighted by Gasteiger charge is -2.62. The molecule has 0 spiro atoms. The molecule has 3 saturated carbocycles. The number of amides is 2. The van der Waals surface area contributed by atoms with Gasteiger partial charge in [0.15, 0.2) is 0 Å². The van der Waals surface area contributed by atoms with E-state index in [0.29, 0.717) is 36.1 Å². The predicted molar refractivity (Wildman–Crippen MR) is 119 cm³/mol. The van der Waals surface area contributed by atoms with Crippen LogP contribution in [-0.2, 0) is 9.59 Å². The molecule has 162 valence electrons. The van der Waals surface area contributed by atoms with Crippen LogP contribution in [0.3, 0.4) is 0 Å². The molecule has 1 aromatic carbocycles. The van der Waals surface area contributed by atoms with Crippen molar-refractivity contribution in [3.05, 3.63) is 30.3 Å². The van der Waals surface area contributed by atoms with E-state index >= 15 is 0 Å². The quantitative estimate of drug-likeness (QED) is 0.723. The fraction of sp³-hybridized carbons (Fsp3) is 0.692. The van der Waals surface area contributed by atoms with Crippen molar-refractivity contribution in [2.24, 2.45) is 40.4 Å². The Balaban J connectivity index is 1.39. The summed E-state index contributed by atoms with van der Waals surface area (Å²) in [5, 5.41) is 6.54. The zero-order valence-corrected chi connectivity index (χ0v) is 18.6. The Bertz CT molecular complexity index is 839. The number of carbonyl (C=O) groups is 2. The van der Waals surface area contributed by atoms with Crippen molar-refractivity contribution in [3.8, 4) is 0 Å². The Morgan fingerprint density at radius 3 is 2.53 bits per heavy atom. The van der Waals surface area contributed by atoms with Gasteiger partial charge in [0.1, 0.15) is 0 Å². The van der Waals surface area contributed by atoms with E-state index in [0.717, 1.165) is 31.4 Å². The topological polar surface area (TPSA) is 58.2 Å². The summed E-state index contributed by atoms with van der Waals surface area (Å²) in [7, 11) is 0. The van der Waals surface area contributed by atoms with Gasteiger partial charge < -0.3 is 10.6 Å². The van der Waals surface area contributed by atoms with Crippen LogP contribution in [0.15, 0.2) is 30.3 Å². The minimum absolute atomic E-state index is 0.0927. The highest BCUT2D eigenvalue weighted by molar-refractivity contribution is 5.93. The van der Waals surface area contributed by atoms with Crippen LogP contribution in [-0.4, -0.2) is 17.9 Å². The molecule has 1 aliphatic heterocycles. The second-order valence-corrected chi connectivity index (χ2v) is 11.2. The Hall–Kier alpha value is -1.84. The van der Waals surface area contributed by atoms with Crippen molar-refractivity contribution in [1.29, 1.82) is 0 Å². The molecule has 4 nitrogen and oxygen atoms in total. The zero-order valence-electron chi connectivity index (χ0n) is 18.6. The normalized spacial score (nSPS) is 45.0. The van der Waals surface area contributed by atoms with E-state index in [4.69, 9.17) is 0 Å². The van der Waals surface area contributed by atoms with Gasteiger partial charge in [-0.3, -0.25) is 9.59 Å². The summed E-state index contributed by atoms with van der Waals surface area (Å²) in [4.78, 5) is 25.4. The maximum Gasteiger partial charge on any atom is 0.228 e. The maximum atomic E-state index is 13.3. The second kappa shape index (κ2) is 7.10. The first-order chi connectivity index (χ1) is 14.3. The van der Waals surface area contributed by atoms with E-state index in [-0.39, 0.29) is 28.6 Å². The first-order valence-electron chi connectivity index (χ1n) is 12.0. The van der Waals surface area contributed by atoms with Crippen LogP contribution >= 0.6 is 0 Å². The van der Waals surface area contributed by atoms with Gasteiger partial charge in [0.2, 0.25) is 11.8 Å². The van der Waals surface area contributed by atoms with Gasteiger partial charge in [0.25, 0.3) is 0 Å². The van der Waals surface area contributed by atoms with E-state index in [1.165, 1.54) is 12.8 Å². The third-order valence-corrected chi connectivity index (χ3v) is 9.82. The number of hydrogen-bond acceptors (Lipinski definition) is 2. The Labute approximate surface area is 180 Å². The first-order valence-corrected chi connectivity index (χ1v) is 12.0. The largest absolute Gasteiger partial charge is 0.353 e. The van der Waals surface area contributed by atoms with E-state index < -0.39 is 0 Å². The molecular formula is C26H36N2O2. The molecule has 2 amide bonds. The number of rotatable bonds is 2. The van der Waals surface area contributed by atoms with Crippen LogP contribution in [0.4, 0.5) is 5.69 Å².